The normalized spacial score (nSPS) is 15.6. The number of halogens is 3. The van der Waals surface area contributed by atoms with Crippen molar-refractivity contribution in [1.82, 2.24) is 20.2 Å². The summed E-state index contributed by atoms with van der Waals surface area (Å²) in [7, 11) is -0.280. The number of aromatic nitrogens is 2. The topological polar surface area (TPSA) is 127 Å². The van der Waals surface area contributed by atoms with Crippen LogP contribution in [-0.4, -0.2) is 61.2 Å². The molecule has 1 fully saturated rings. The third-order valence-corrected chi connectivity index (χ3v) is 10.0. The van der Waals surface area contributed by atoms with E-state index in [2.05, 4.69) is 25.9 Å². The molecule has 3 aromatic rings. The van der Waals surface area contributed by atoms with Crippen molar-refractivity contribution in [2.45, 2.75) is 51.5 Å². The Kier molecular flexibility index (Phi) is 10.2. The van der Waals surface area contributed by atoms with Gasteiger partial charge in [0, 0.05) is 19.8 Å². The highest BCUT2D eigenvalue weighted by Gasteiger charge is 2.37. The molecule has 3 N–H and O–H groups in total. The lowest BCUT2D eigenvalue weighted by atomic mass is 9.85. The summed E-state index contributed by atoms with van der Waals surface area (Å²) >= 11 is 0. The number of piperidine rings is 1. The van der Waals surface area contributed by atoms with Crippen molar-refractivity contribution in [3.63, 3.8) is 0 Å². The number of alkyl halides is 3. The van der Waals surface area contributed by atoms with Crippen molar-refractivity contribution in [2.24, 2.45) is 0 Å². The van der Waals surface area contributed by atoms with E-state index in [1.165, 1.54) is 7.11 Å². The Morgan fingerprint density at radius 2 is 1.76 bits per heavy atom. The van der Waals surface area contributed by atoms with E-state index < -0.39 is 25.2 Å². The molecular weight excluding hydrogens is 624 g/mol. The van der Waals surface area contributed by atoms with Crippen LogP contribution in [0.25, 0.3) is 0 Å². The molecule has 0 atom stereocenters. The number of fused-ring (bicyclic) bond motifs is 1. The molecule has 248 valence electrons. The largest absolute Gasteiger partial charge is 0.495 e. The molecule has 1 saturated heterocycles. The zero-order valence-electron chi connectivity index (χ0n) is 26.2. The number of methoxy groups -OCH3 is 1. The number of carbonyl (C=O) groups is 1. The number of benzene rings is 2. The summed E-state index contributed by atoms with van der Waals surface area (Å²) in [6.45, 7) is 5.98. The van der Waals surface area contributed by atoms with E-state index in [1.54, 1.807) is 50.1 Å². The fourth-order valence-corrected chi connectivity index (χ4v) is 7.56. The number of carbonyl (C=O) groups excluding carboxylic acids is 1. The number of anilines is 4. The van der Waals surface area contributed by atoms with Crippen LogP contribution >= 0.6 is 7.60 Å². The van der Waals surface area contributed by atoms with E-state index in [9.17, 15) is 22.5 Å². The van der Waals surface area contributed by atoms with Gasteiger partial charge in [-0.3, -0.25) is 9.36 Å². The Labute approximate surface area is 265 Å². The van der Waals surface area contributed by atoms with Gasteiger partial charge in [-0.05, 0) is 80.6 Å². The standard InChI is InChI=1S/C31H38F3N6O5P/c1-5-44-46(42,45-6-2)18-19-7-9-24(26(15-19)43-4)38-30-36-16-23(31(32,33)34)28(39-30)37-25-10-8-21(20-11-13-35-14-12-20)22-17-40(3)29(41)27(22)25/h7-10,15-16,20,35H,5-6,11-14,17-18H2,1-4H3,(H2,36,37,38,39). The SMILES string of the molecule is CCOP(=O)(Cc1ccc(Nc2ncc(C(F)(F)F)c(Nc3ccc(C4CCNCC4)c4c3C(=O)N(C)C4)n2)c(OC)c1)OCC. The molecule has 0 unspecified atom stereocenters. The second kappa shape index (κ2) is 14.0. The van der Waals surface area contributed by atoms with Crippen LogP contribution in [-0.2, 0) is 32.5 Å². The first-order chi connectivity index (χ1) is 22.0. The maximum absolute atomic E-state index is 14.2. The highest BCUT2D eigenvalue weighted by molar-refractivity contribution is 7.53. The minimum atomic E-state index is -4.77. The van der Waals surface area contributed by atoms with Gasteiger partial charge in [0.05, 0.1) is 43.4 Å². The number of amides is 1. The molecule has 46 heavy (non-hydrogen) atoms. The molecule has 15 heteroatoms. The van der Waals surface area contributed by atoms with Crippen molar-refractivity contribution in [1.29, 1.82) is 0 Å². The number of nitrogens with zero attached hydrogens (tertiary/aromatic N) is 3. The Morgan fingerprint density at radius 3 is 2.41 bits per heavy atom. The Bertz CT molecular complexity index is 1620. The fraction of sp³-hybridized carbons (Fsp3) is 0.452. The van der Waals surface area contributed by atoms with Crippen LogP contribution in [0.4, 0.5) is 36.3 Å². The molecule has 0 saturated carbocycles. The maximum Gasteiger partial charge on any atom is 0.421 e. The average Bonchev–Trinajstić information content (AvgIpc) is 3.32. The van der Waals surface area contributed by atoms with Gasteiger partial charge in [0.15, 0.2) is 0 Å². The number of hydrogen-bond acceptors (Lipinski definition) is 10. The van der Waals surface area contributed by atoms with Crippen LogP contribution in [0.1, 0.15) is 65.2 Å². The van der Waals surface area contributed by atoms with E-state index in [0.717, 1.165) is 37.1 Å². The predicted octanol–water partition coefficient (Wildman–Crippen LogP) is 6.81. The van der Waals surface area contributed by atoms with E-state index in [-0.39, 0.29) is 42.8 Å². The third-order valence-electron chi connectivity index (χ3n) is 7.97. The van der Waals surface area contributed by atoms with Crippen LogP contribution in [0, 0.1) is 0 Å². The van der Waals surface area contributed by atoms with Gasteiger partial charge >= 0.3 is 13.8 Å². The molecule has 0 spiro atoms. The van der Waals surface area contributed by atoms with Gasteiger partial charge in [-0.25, -0.2) is 4.98 Å². The lowest BCUT2D eigenvalue weighted by molar-refractivity contribution is -0.137. The van der Waals surface area contributed by atoms with Crippen LogP contribution in [0.2, 0.25) is 0 Å². The fourth-order valence-electron chi connectivity index (χ4n) is 5.87. The number of ether oxygens (including phenoxy) is 1. The summed E-state index contributed by atoms with van der Waals surface area (Å²) in [6, 6.07) is 8.48. The van der Waals surface area contributed by atoms with Gasteiger partial charge in [0.25, 0.3) is 5.91 Å². The summed E-state index contributed by atoms with van der Waals surface area (Å²) in [5, 5.41) is 9.07. The molecular formula is C31H38F3N6O5P. The first-order valence-corrected chi connectivity index (χ1v) is 16.8. The predicted molar refractivity (Wildman–Crippen MR) is 168 cm³/mol. The van der Waals surface area contributed by atoms with Gasteiger partial charge in [-0.1, -0.05) is 12.1 Å². The van der Waals surface area contributed by atoms with Gasteiger partial charge in [-0.2, -0.15) is 18.2 Å². The van der Waals surface area contributed by atoms with Crippen molar-refractivity contribution >= 4 is 36.6 Å². The van der Waals surface area contributed by atoms with Crippen molar-refractivity contribution < 1.29 is 36.3 Å². The van der Waals surface area contributed by atoms with Gasteiger partial charge in [0.2, 0.25) is 5.95 Å². The molecule has 0 radical (unpaired) electrons. The van der Waals surface area contributed by atoms with Gasteiger partial charge in [-0.15, -0.1) is 0 Å². The number of hydrogen-bond donors (Lipinski definition) is 3. The monoisotopic (exact) mass is 662 g/mol. The second-order valence-electron chi connectivity index (χ2n) is 11.1. The molecule has 3 heterocycles. The summed E-state index contributed by atoms with van der Waals surface area (Å²) < 4.78 is 71.7. The summed E-state index contributed by atoms with van der Waals surface area (Å²) in [4.78, 5) is 22.9. The Balaban J connectivity index is 1.46. The van der Waals surface area contributed by atoms with E-state index in [0.29, 0.717) is 35.3 Å². The zero-order chi connectivity index (χ0) is 33.1. The van der Waals surface area contributed by atoms with Crippen LogP contribution in [0.3, 0.4) is 0 Å². The van der Waals surface area contributed by atoms with Crippen LogP contribution in [0.15, 0.2) is 36.5 Å². The minimum absolute atomic E-state index is 0.00479. The third kappa shape index (κ3) is 7.30. The van der Waals surface area contributed by atoms with Crippen molar-refractivity contribution in [3.8, 4) is 5.75 Å². The summed E-state index contributed by atoms with van der Waals surface area (Å²) in [5.74, 6) is -0.334. The van der Waals surface area contributed by atoms with Gasteiger partial charge in [0.1, 0.15) is 17.1 Å². The number of rotatable bonds is 12. The molecule has 2 aromatic carbocycles. The first-order valence-electron chi connectivity index (χ1n) is 15.1. The smallest absolute Gasteiger partial charge is 0.421 e. The minimum Gasteiger partial charge on any atom is -0.495 e. The second-order valence-corrected chi connectivity index (χ2v) is 13.1. The van der Waals surface area contributed by atoms with Crippen molar-refractivity contribution in [3.05, 3.63) is 64.3 Å². The molecule has 5 rings (SSSR count). The van der Waals surface area contributed by atoms with E-state index >= 15 is 0 Å². The van der Waals surface area contributed by atoms with Gasteiger partial charge < -0.3 is 34.6 Å². The van der Waals surface area contributed by atoms with E-state index in [4.69, 9.17) is 13.8 Å². The highest BCUT2D eigenvalue weighted by atomic mass is 31.2. The maximum atomic E-state index is 14.2. The Morgan fingerprint density at radius 1 is 1.07 bits per heavy atom. The first kappa shape index (κ1) is 33.6. The molecule has 2 aliphatic heterocycles. The van der Waals surface area contributed by atoms with Crippen LogP contribution in [0.5, 0.6) is 5.75 Å². The Hall–Kier alpha value is -3.71. The average molecular weight is 663 g/mol. The van der Waals surface area contributed by atoms with E-state index in [1.807, 2.05) is 6.07 Å². The van der Waals surface area contributed by atoms with Crippen molar-refractivity contribution in [2.75, 3.05) is 51.1 Å². The summed E-state index contributed by atoms with van der Waals surface area (Å²) in [6.07, 6.45) is -2.24. The molecule has 0 bridgehead atoms. The quantitative estimate of drug-likeness (QED) is 0.178. The zero-order valence-corrected chi connectivity index (χ0v) is 27.1. The van der Waals surface area contributed by atoms with Crippen LogP contribution < -0.4 is 20.7 Å². The highest BCUT2D eigenvalue weighted by Crippen LogP contribution is 2.52. The molecule has 1 amide bonds. The molecule has 0 aliphatic carbocycles. The lowest BCUT2D eigenvalue weighted by Crippen LogP contribution is -2.27. The summed E-state index contributed by atoms with van der Waals surface area (Å²) in [5.41, 5.74) is 2.37. The lowest BCUT2D eigenvalue weighted by Gasteiger charge is -2.25. The number of nitrogens with one attached hydrogen (secondary N) is 3. The molecule has 11 nitrogen and oxygen atoms in total. The molecule has 2 aliphatic rings. The molecule has 1 aromatic heterocycles.